The lowest BCUT2D eigenvalue weighted by atomic mass is 10.2. The summed E-state index contributed by atoms with van der Waals surface area (Å²) in [5.41, 5.74) is 1.02. The van der Waals surface area contributed by atoms with Crippen LogP contribution >= 0.6 is 11.6 Å². The molecule has 0 spiro atoms. The molecule has 0 aliphatic rings. The highest BCUT2D eigenvalue weighted by Crippen LogP contribution is 2.19. The number of amides is 1. The van der Waals surface area contributed by atoms with E-state index in [1.807, 2.05) is 0 Å². The average Bonchev–Trinajstić information content (AvgIpc) is 3.26. The highest BCUT2D eigenvalue weighted by atomic mass is 35.5. The number of carboxylic acid groups (broad SMARTS) is 1. The third-order valence-corrected chi connectivity index (χ3v) is 4.24. The van der Waals surface area contributed by atoms with E-state index in [1.165, 1.54) is 42.2 Å². The third-order valence-electron chi connectivity index (χ3n) is 3.88. The van der Waals surface area contributed by atoms with Gasteiger partial charge < -0.3 is 10.4 Å². The molecule has 2 aromatic heterocycles. The molecule has 10 heteroatoms. The lowest BCUT2D eigenvalue weighted by Crippen LogP contribution is -2.26. The molecule has 0 saturated carbocycles. The van der Waals surface area contributed by atoms with Crippen LogP contribution in [0, 0.1) is 5.82 Å². The van der Waals surface area contributed by atoms with Gasteiger partial charge in [0.05, 0.1) is 18.4 Å². The number of nitrogens with one attached hydrogen (secondary N) is 1. The lowest BCUT2D eigenvalue weighted by molar-refractivity contribution is -0.119. The van der Waals surface area contributed by atoms with E-state index < -0.39 is 23.7 Å². The second kappa shape index (κ2) is 7.58. The molecule has 1 unspecified atom stereocenters. The summed E-state index contributed by atoms with van der Waals surface area (Å²) in [5, 5.41) is 20.1. The van der Waals surface area contributed by atoms with Crippen molar-refractivity contribution in [1.29, 1.82) is 0 Å². The van der Waals surface area contributed by atoms with Crippen molar-refractivity contribution in [2.45, 2.75) is 19.5 Å². The van der Waals surface area contributed by atoms with Gasteiger partial charge in [-0.1, -0.05) is 17.7 Å². The molecule has 0 aliphatic carbocycles. The van der Waals surface area contributed by atoms with Gasteiger partial charge in [0.1, 0.15) is 17.6 Å². The molecule has 0 aliphatic heterocycles. The number of halogens is 2. The Kier molecular flexibility index (Phi) is 5.22. The molecule has 0 saturated heterocycles. The molecule has 0 fully saturated rings. The summed E-state index contributed by atoms with van der Waals surface area (Å²) in [6.45, 7) is 1.84. The van der Waals surface area contributed by atoms with Crippen LogP contribution in [-0.4, -0.2) is 36.5 Å². The fraction of sp³-hybridized carbons (Fsp3) is 0.176. The minimum atomic E-state index is -1.17. The molecule has 2 heterocycles. The summed E-state index contributed by atoms with van der Waals surface area (Å²) in [4.78, 5) is 23.5. The highest BCUT2D eigenvalue weighted by Gasteiger charge is 2.21. The number of aromatic carboxylic acids is 1. The van der Waals surface area contributed by atoms with Gasteiger partial charge in [0, 0.05) is 17.4 Å². The van der Waals surface area contributed by atoms with Crippen LogP contribution in [0.2, 0.25) is 5.02 Å². The van der Waals surface area contributed by atoms with Crippen molar-refractivity contribution in [2.24, 2.45) is 0 Å². The molecular formula is C17H15ClFN5O3. The Hall–Kier alpha value is -3.20. The topological polar surface area (TPSA) is 102 Å². The molecule has 2 N–H and O–H groups in total. The number of anilines is 1. The van der Waals surface area contributed by atoms with E-state index in [2.05, 4.69) is 15.5 Å². The predicted molar refractivity (Wildman–Crippen MR) is 95.3 cm³/mol. The first kappa shape index (κ1) is 18.6. The monoisotopic (exact) mass is 391 g/mol. The van der Waals surface area contributed by atoms with Gasteiger partial charge in [-0.25, -0.2) is 13.9 Å². The normalized spacial score (nSPS) is 12.0. The second-order valence-electron chi connectivity index (χ2n) is 5.79. The SMILES string of the molecule is CC(C(=O)Nc1cnn(Cc2ccc(F)cc2Cl)c1)n1nccc1C(=O)O. The largest absolute Gasteiger partial charge is 0.477 e. The Bertz CT molecular complexity index is 1000. The second-order valence-corrected chi connectivity index (χ2v) is 6.20. The summed E-state index contributed by atoms with van der Waals surface area (Å²) >= 11 is 6.00. The molecule has 0 bridgehead atoms. The highest BCUT2D eigenvalue weighted by molar-refractivity contribution is 6.31. The molecule has 3 rings (SSSR count). The minimum Gasteiger partial charge on any atom is -0.477 e. The van der Waals surface area contributed by atoms with Crippen LogP contribution in [-0.2, 0) is 11.3 Å². The van der Waals surface area contributed by atoms with Crippen molar-refractivity contribution in [3.63, 3.8) is 0 Å². The Morgan fingerprint density at radius 3 is 2.81 bits per heavy atom. The molecule has 8 nitrogen and oxygen atoms in total. The van der Waals surface area contributed by atoms with Gasteiger partial charge in [0.2, 0.25) is 5.91 Å². The first-order valence-electron chi connectivity index (χ1n) is 7.89. The molecule has 3 aromatic rings. The third kappa shape index (κ3) is 4.14. The van der Waals surface area contributed by atoms with Crippen LogP contribution in [0.4, 0.5) is 10.1 Å². The standard InChI is InChI=1S/C17H15ClFN5O3/c1-10(24-15(17(26)27)4-5-20-24)16(25)22-13-7-21-23(9-13)8-11-2-3-12(19)6-14(11)18/h2-7,9-10H,8H2,1H3,(H,22,25)(H,26,27). The first-order valence-corrected chi connectivity index (χ1v) is 8.27. The maximum atomic E-state index is 13.1. The van der Waals surface area contributed by atoms with Crippen LogP contribution in [0.25, 0.3) is 0 Å². The maximum absolute atomic E-state index is 13.1. The summed E-state index contributed by atoms with van der Waals surface area (Å²) in [6, 6.07) is 4.57. The van der Waals surface area contributed by atoms with Crippen LogP contribution in [0.5, 0.6) is 0 Å². The van der Waals surface area contributed by atoms with Gasteiger partial charge in [0.15, 0.2) is 0 Å². The minimum absolute atomic E-state index is 0.0840. The van der Waals surface area contributed by atoms with E-state index in [4.69, 9.17) is 16.7 Å². The van der Waals surface area contributed by atoms with Crippen molar-refractivity contribution in [1.82, 2.24) is 19.6 Å². The summed E-state index contributed by atoms with van der Waals surface area (Å²) in [5.74, 6) is -2.04. The Morgan fingerprint density at radius 1 is 1.33 bits per heavy atom. The van der Waals surface area contributed by atoms with Crippen LogP contribution in [0.15, 0.2) is 42.9 Å². The van der Waals surface area contributed by atoms with E-state index in [0.717, 1.165) is 4.68 Å². The number of nitrogens with zero attached hydrogens (tertiary/aromatic N) is 4. The number of carbonyl (C=O) groups excluding carboxylic acids is 1. The van der Waals surface area contributed by atoms with Gasteiger partial charge in [0.25, 0.3) is 0 Å². The number of hydrogen-bond donors (Lipinski definition) is 2. The van der Waals surface area contributed by atoms with E-state index >= 15 is 0 Å². The van der Waals surface area contributed by atoms with Crippen molar-refractivity contribution >= 4 is 29.2 Å². The number of benzene rings is 1. The van der Waals surface area contributed by atoms with E-state index in [1.54, 1.807) is 12.3 Å². The van der Waals surface area contributed by atoms with E-state index in [9.17, 15) is 14.0 Å². The Balaban J connectivity index is 1.69. The summed E-state index contributed by atoms with van der Waals surface area (Å²) in [7, 11) is 0. The maximum Gasteiger partial charge on any atom is 0.354 e. The van der Waals surface area contributed by atoms with Gasteiger partial charge in [-0.3, -0.25) is 9.48 Å². The van der Waals surface area contributed by atoms with Crippen LogP contribution in [0.3, 0.4) is 0 Å². The smallest absolute Gasteiger partial charge is 0.354 e. The van der Waals surface area contributed by atoms with Gasteiger partial charge >= 0.3 is 5.97 Å². The first-order chi connectivity index (χ1) is 12.8. The molecule has 1 aromatic carbocycles. The molecule has 0 radical (unpaired) electrons. The molecule has 1 atom stereocenters. The summed E-state index contributed by atoms with van der Waals surface area (Å²) in [6.07, 6.45) is 4.35. The van der Waals surface area contributed by atoms with Crippen molar-refractivity contribution in [3.05, 3.63) is 65.0 Å². The van der Waals surface area contributed by atoms with Crippen molar-refractivity contribution in [3.8, 4) is 0 Å². The summed E-state index contributed by atoms with van der Waals surface area (Å²) < 4.78 is 15.8. The Morgan fingerprint density at radius 2 is 2.11 bits per heavy atom. The van der Waals surface area contributed by atoms with E-state index in [0.29, 0.717) is 17.8 Å². The van der Waals surface area contributed by atoms with Crippen LogP contribution in [0.1, 0.15) is 29.0 Å². The zero-order valence-corrected chi connectivity index (χ0v) is 14.9. The fourth-order valence-electron chi connectivity index (χ4n) is 2.49. The average molecular weight is 392 g/mol. The zero-order chi connectivity index (χ0) is 19.6. The Labute approximate surface area is 158 Å². The van der Waals surface area contributed by atoms with Gasteiger partial charge in [-0.05, 0) is 30.7 Å². The quantitative estimate of drug-likeness (QED) is 0.672. The molecule has 27 heavy (non-hydrogen) atoms. The number of rotatable bonds is 6. The number of carboxylic acids is 1. The lowest BCUT2D eigenvalue weighted by Gasteiger charge is -2.13. The molecule has 140 valence electrons. The van der Waals surface area contributed by atoms with E-state index in [-0.39, 0.29) is 10.7 Å². The zero-order valence-electron chi connectivity index (χ0n) is 14.1. The number of hydrogen-bond acceptors (Lipinski definition) is 4. The predicted octanol–water partition coefficient (Wildman–Crippen LogP) is 2.82. The van der Waals surface area contributed by atoms with Crippen molar-refractivity contribution < 1.29 is 19.1 Å². The van der Waals surface area contributed by atoms with Crippen LogP contribution < -0.4 is 5.32 Å². The fourth-order valence-corrected chi connectivity index (χ4v) is 2.72. The van der Waals surface area contributed by atoms with Gasteiger partial charge in [-0.15, -0.1) is 0 Å². The number of aromatic nitrogens is 4. The number of carbonyl (C=O) groups is 2. The molecule has 1 amide bonds. The molecular weight excluding hydrogens is 377 g/mol. The van der Waals surface area contributed by atoms with Gasteiger partial charge in [-0.2, -0.15) is 10.2 Å². The van der Waals surface area contributed by atoms with Crippen molar-refractivity contribution in [2.75, 3.05) is 5.32 Å².